The van der Waals surface area contributed by atoms with Crippen LogP contribution in [0.4, 0.5) is 0 Å². The molecule has 7 heteroatoms. The number of rotatable bonds is 8. The SMILES string of the molecule is COc1ccc(-c2nnc(SC(C#N)Cc3ccc(C)cc3)n2C2CCCCC2)cc1OC. The van der Waals surface area contributed by atoms with Gasteiger partial charge in [0.2, 0.25) is 0 Å². The molecule has 1 saturated carbocycles. The molecule has 33 heavy (non-hydrogen) atoms. The van der Waals surface area contributed by atoms with E-state index in [4.69, 9.17) is 9.47 Å². The lowest BCUT2D eigenvalue weighted by Crippen LogP contribution is -2.16. The Bertz CT molecular complexity index is 1110. The molecule has 0 radical (unpaired) electrons. The summed E-state index contributed by atoms with van der Waals surface area (Å²) in [6.45, 7) is 2.07. The smallest absolute Gasteiger partial charge is 0.193 e. The Balaban J connectivity index is 1.67. The predicted octanol–water partition coefficient (Wildman–Crippen LogP) is 6.00. The van der Waals surface area contributed by atoms with Crippen LogP contribution in [0.3, 0.4) is 0 Å². The lowest BCUT2D eigenvalue weighted by Gasteiger charge is -2.26. The van der Waals surface area contributed by atoms with Crippen LogP contribution in [0.2, 0.25) is 0 Å². The molecule has 3 aromatic rings. The van der Waals surface area contributed by atoms with E-state index in [0.717, 1.165) is 34.9 Å². The summed E-state index contributed by atoms with van der Waals surface area (Å²) < 4.78 is 13.2. The van der Waals surface area contributed by atoms with E-state index < -0.39 is 0 Å². The standard InChI is InChI=1S/C26H30N4O2S/c1-18-9-11-19(12-10-18)15-22(17-27)33-26-29-28-25(30(26)21-7-5-4-6-8-21)20-13-14-23(31-2)24(16-20)32-3/h9-14,16,21-22H,4-8,15H2,1-3H3. The van der Waals surface area contributed by atoms with E-state index in [9.17, 15) is 5.26 Å². The molecule has 1 heterocycles. The topological polar surface area (TPSA) is 73.0 Å². The molecular formula is C26H30N4O2S. The molecule has 1 aliphatic carbocycles. The van der Waals surface area contributed by atoms with Crippen LogP contribution in [0.15, 0.2) is 47.6 Å². The Labute approximate surface area is 199 Å². The number of aromatic nitrogens is 3. The first-order valence-electron chi connectivity index (χ1n) is 11.4. The molecule has 1 unspecified atom stereocenters. The van der Waals surface area contributed by atoms with Gasteiger partial charge in [-0.3, -0.25) is 4.57 Å². The van der Waals surface area contributed by atoms with E-state index >= 15 is 0 Å². The second kappa shape index (κ2) is 10.8. The van der Waals surface area contributed by atoms with Crippen molar-refractivity contribution in [2.45, 2.75) is 61.9 Å². The maximum absolute atomic E-state index is 9.90. The van der Waals surface area contributed by atoms with E-state index in [1.54, 1.807) is 14.2 Å². The molecule has 0 N–H and O–H groups in total. The Kier molecular flexibility index (Phi) is 7.56. The van der Waals surface area contributed by atoms with Crippen molar-refractivity contribution >= 4 is 11.8 Å². The fraction of sp³-hybridized carbons (Fsp3) is 0.423. The lowest BCUT2D eigenvalue weighted by atomic mass is 9.95. The number of methoxy groups -OCH3 is 2. The van der Waals surface area contributed by atoms with E-state index in [1.807, 2.05) is 18.2 Å². The van der Waals surface area contributed by atoms with Gasteiger partial charge in [-0.25, -0.2) is 0 Å². The molecule has 0 amide bonds. The fourth-order valence-electron chi connectivity index (χ4n) is 4.38. The van der Waals surface area contributed by atoms with Crippen molar-refractivity contribution in [1.82, 2.24) is 14.8 Å². The normalized spacial score (nSPS) is 15.1. The van der Waals surface area contributed by atoms with Crippen LogP contribution in [0.25, 0.3) is 11.4 Å². The first-order chi connectivity index (χ1) is 16.1. The Morgan fingerprint density at radius 2 is 1.76 bits per heavy atom. The summed E-state index contributed by atoms with van der Waals surface area (Å²) in [5, 5.41) is 19.6. The van der Waals surface area contributed by atoms with Crippen molar-refractivity contribution < 1.29 is 9.47 Å². The van der Waals surface area contributed by atoms with Gasteiger partial charge < -0.3 is 9.47 Å². The zero-order valence-corrected chi connectivity index (χ0v) is 20.3. The third-order valence-corrected chi connectivity index (χ3v) is 7.23. The minimum absolute atomic E-state index is 0.238. The van der Waals surface area contributed by atoms with Crippen LogP contribution in [0, 0.1) is 18.3 Å². The Morgan fingerprint density at radius 3 is 2.42 bits per heavy atom. The fourth-order valence-corrected chi connectivity index (χ4v) is 5.40. The summed E-state index contributed by atoms with van der Waals surface area (Å²) in [6, 6.07) is 17.0. The minimum Gasteiger partial charge on any atom is -0.493 e. The maximum Gasteiger partial charge on any atom is 0.193 e. The van der Waals surface area contributed by atoms with Gasteiger partial charge in [0.05, 0.1) is 20.3 Å². The molecule has 1 aliphatic rings. The largest absolute Gasteiger partial charge is 0.493 e. The number of ether oxygens (including phenoxy) is 2. The Morgan fingerprint density at radius 1 is 1.03 bits per heavy atom. The summed E-state index contributed by atoms with van der Waals surface area (Å²) in [5.74, 6) is 2.16. The number of thioether (sulfide) groups is 1. The number of aryl methyl sites for hydroxylation is 1. The molecule has 2 aromatic carbocycles. The minimum atomic E-state index is -0.238. The number of hydrogen-bond acceptors (Lipinski definition) is 6. The first kappa shape index (κ1) is 23.2. The Hall–Kier alpha value is -2.98. The highest BCUT2D eigenvalue weighted by atomic mass is 32.2. The molecular weight excluding hydrogens is 432 g/mol. The van der Waals surface area contributed by atoms with Crippen LogP contribution >= 0.6 is 11.8 Å². The summed E-state index contributed by atoms with van der Waals surface area (Å²) in [7, 11) is 3.27. The molecule has 1 fully saturated rings. The number of nitrogens with zero attached hydrogens (tertiary/aromatic N) is 4. The van der Waals surface area contributed by atoms with Gasteiger partial charge in [0.15, 0.2) is 22.5 Å². The highest BCUT2D eigenvalue weighted by Crippen LogP contribution is 2.39. The molecule has 0 bridgehead atoms. The van der Waals surface area contributed by atoms with Crippen LogP contribution in [-0.2, 0) is 6.42 Å². The van der Waals surface area contributed by atoms with Crippen LogP contribution in [-0.4, -0.2) is 34.2 Å². The van der Waals surface area contributed by atoms with Crippen molar-refractivity contribution in [2.24, 2.45) is 0 Å². The van der Waals surface area contributed by atoms with Gasteiger partial charge in [0, 0.05) is 11.6 Å². The van der Waals surface area contributed by atoms with Crippen molar-refractivity contribution in [3.63, 3.8) is 0 Å². The molecule has 0 aliphatic heterocycles. The third-order valence-electron chi connectivity index (χ3n) is 6.18. The van der Waals surface area contributed by atoms with Gasteiger partial charge in [0.25, 0.3) is 0 Å². The van der Waals surface area contributed by atoms with Crippen molar-refractivity contribution in [3.05, 3.63) is 53.6 Å². The molecule has 172 valence electrons. The molecule has 0 spiro atoms. The number of nitriles is 1. The van der Waals surface area contributed by atoms with Crippen molar-refractivity contribution in [3.8, 4) is 29.0 Å². The molecule has 0 saturated heterocycles. The van der Waals surface area contributed by atoms with Gasteiger partial charge >= 0.3 is 0 Å². The quantitative estimate of drug-likeness (QED) is 0.382. The second-order valence-corrected chi connectivity index (χ2v) is 9.63. The van der Waals surface area contributed by atoms with Gasteiger partial charge in [-0.15, -0.1) is 10.2 Å². The van der Waals surface area contributed by atoms with Crippen molar-refractivity contribution in [2.75, 3.05) is 14.2 Å². The summed E-state index contributed by atoms with van der Waals surface area (Å²) >= 11 is 1.51. The number of benzene rings is 2. The number of hydrogen-bond donors (Lipinski definition) is 0. The molecule has 1 aromatic heterocycles. The highest BCUT2D eigenvalue weighted by molar-refractivity contribution is 8.00. The average molecular weight is 463 g/mol. The summed E-state index contributed by atoms with van der Waals surface area (Å²) in [6.07, 6.45) is 6.53. The zero-order chi connectivity index (χ0) is 23.2. The first-order valence-corrected chi connectivity index (χ1v) is 12.3. The van der Waals surface area contributed by atoms with Gasteiger partial charge in [-0.2, -0.15) is 5.26 Å². The van der Waals surface area contributed by atoms with Crippen LogP contribution in [0.1, 0.15) is 49.3 Å². The molecule has 6 nitrogen and oxygen atoms in total. The van der Waals surface area contributed by atoms with Gasteiger partial charge in [-0.05, 0) is 49.9 Å². The summed E-state index contributed by atoms with van der Waals surface area (Å²) in [5.41, 5.74) is 3.31. The van der Waals surface area contributed by atoms with E-state index in [2.05, 4.69) is 52.0 Å². The predicted molar refractivity (Wildman–Crippen MR) is 131 cm³/mol. The maximum atomic E-state index is 9.90. The van der Waals surface area contributed by atoms with Crippen LogP contribution < -0.4 is 9.47 Å². The third kappa shape index (κ3) is 5.33. The molecule has 4 rings (SSSR count). The van der Waals surface area contributed by atoms with E-state index in [1.165, 1.54) is 36.6 Å². The monoisotopic (exact) mass is 462 g/mol. The van der Waals surface area contributed by atoms with Crippen molar-refractivity contribution in [1.29, 1.82) is 5.26 Å². The van der Waals surface area contributed by atoms with E-state index in [-0.39, 0.29) is 5.25 Å². The summed E-state index contributed by atoms with van der Waals surface area (Å²) in [4.78, 5) is 0. The van der Waals surface area contributed by atoms with Gasteiger partial charge in [0.1, 0.15) is 5.25 Å². The molecule has 1 atom stereocenters. The highest BCUT2D eigenvalue weighted by Gasteiger charge is 2.26. The average Bonchev–Trinajstić information content (AvgIpc) is 3.28. The van der Waals surface area contributed by atoms with E-state index in [0.29, 0.717) is 24.0 Å². The zero-order valence-electron chi connectivity index (χ0n) is 19.5. The van der Waals surface area contributed by atoms with Crippen LogP contribution in [0.5, 0.6) is 11.5 Å². The second-order valence-electron chi connectivity index (χ2n) is 8.46. The lowest BCUT2D eigenvalue weighted by molar-refractivity contribution is 0.338. The van der Waals surface area contributed by atoms with Gasteiger partial charge in [-0.1, -0.05) is 60.9 Å².